The van der Waals surface area contributed by atoms with E-state index in [1.165, 1.54) is 38.5 Å². The molecule has 4 N–H and O–H groups in total. The van der Waals surface area contributed by atoms with Crippen molar-refractivity contribution in [3.63, 3.8) is 0 Å². The van der Waals surface area contributed by atoms with Gasteiger partial charge in [0.15, 0.2) is 0 Å². The third-order valence-electron chi connectivity index (χ3n) is 8.50. The predicted molar refractivity (Wildman–Crippen MR) is 109 cm³/mol. The molecule has 0 aromatic heterocycles. The fourth-order valence-corrected chi connectivity index (χ4v) is 6.36. The maximum absolute atomic E-state index is 2.52. The first-order valence-electron chi connectivity index (χ1n) is 11.0. The van der Waals surface area contributed by atoms with E-state index < -0.39 is 0 Å². The molecule has 0 aromatic rings. The lowest BCUT2D eigenvalue weighted by Gasteiger charge is -2.43. The highest BCUT2D eigenvalue weighted by atomic mass is 16.0. The van der Waals surface area contributed by atoms with Crippen molar-refractivity contribution in [3.05, 3.63) is 0 Å². The largest absolute Gasteiger partial charge is 0.412 e. The first-order valence-corrected chi connectivity index (χ1v) is 11.0. The van der Waals surface area contributed by atoms with Gasteiger partial charge >= 0.3 is 0 Å². The van der Waals surface area contributed by atoms with Gasteiger partial charge < -0.3 is 11.0 Å². The van der Waals surface area contributed by atoms with Crippen LogP contribution in [0, 0.1) is 47.3 Å². The maximum atomic E-state index is 2.52. The van der Waals surface area contributed by atoms with Crippen molar-refractivity contribution >= 4 is 0 Å². The Morgan fingerprint density at radius 2 is 1.00 bits per heavy atom. The van der Waals surface area contributed by atoms with E-state index in [1.807, 2.05) is 0 Å². The third kappa shape index (κ3) is 5.96. The lowest BCUT2D eigenvalue weighted by molar-refractivity contribution is 0.0744. The van der Waals surface area contributed by atoms with Crippen LogP contribution < -0.4 is 0 Å². The summed E-state index contributed by atoms with van der Waals surface area (Å²) < 4.78 is 0. The average molecular weight is 355 g/mol. The minimum absolute atomic E-state index is 0. The summed E-state index contributed by atoms with van der Waals surface area (Å²) in [5.41, 5.74) is 0. The lowest BCUT2D eigenvalue weighted by atomic mass is 9.62. The van der Waals surface area contributed by atoms with E-state index in [0.717, 1.165) is 47.3 Å². The van der Waals surface area contributed by atoms with Gasteiger partial charge in [0.1, 0.15) is 0 Å². The van der Waals surface area contributed by atoms with Crippen LogP contribution in [0.3, 0.4) is 0 Å². The molecular weight excluding hydrogens is 308 g/mol. The molecule has 3 fully saturated rings. The summed E-state index contributed by atoms with van der Waals surface area (Å²) in [5.74, 6) is 8.21. The van der Waals surface area contributed by atoms with Crippen LogP contribution in [-0.4, -0.2) is 11.0 Å². The van der Waals surface area contributed by atoms with Crippen molar-refractivity contribution in [2.24, 2.45) is 47.3 Å². The van der Waals surface area contributed by atoms with Crippen LogP contribution in [-0.2, 0) is 0 Å². The Balaban J connectivity index is 0.00000156. The van der Waals surface area contributed by atoms with E-state index in [2.05, 4.69) is 27.7 Å². The third-order valence-corrected chi connectivity index (χ3v) is 8.50. The molecule has 0 heterocycles. The molecule has 2 atom stereocenters. The topological polar surface area (TPSA) is 63.0 Å². The van der Waals surface area contributed by atoms with E-state index in [1.54, 1.807) is 32.1 Å². The summed E-state index contributed by atoms with van der Waals surface area (Å²) in [6.07, 6.45) is 17.0. The van der Waals surface area contributed by atoms with Gasteiger partial charge in [-0.25, -0.2) is 0 Å². The fraction of sp³-hybridized carbons (Fsp3) is 1.00. The van der Waals surface area contributed by atoms with Crippen LogP contribution >= 0.6 is 0 Å². The molecule has 0 aliphatic heterocycles. The zero-order chi connectivity index (χ0) is 16.4. The molecule has 2 unspecified atom stereocenters. The quantitative estimate of drug-likeness (QED) is 0.626. The van der Waals surface area contributed by atoms with Crippen LogP contribution in [0.1, 0.15) is 98.3 Å². The van der Waals surface area contributed by atoms with Gasteiger partial charge in [0.2, 0.25) is 0 Å². The van der Waals surface area contributed by atoms with Crippen LogP contribution in [0.2, 0.25) is 0 Å². The van der Waals surface area contributed by atoms with Gasteiger partial charge in [0.25, 0.3) is 0 Å². The zero-order valence-electron chi connectivity index (χ0n) is 17.4. The number of hydrogen-bond acceptors (Lipinski definition) is 0. The van der Waals surface area contributed by atoms with E-state index in [0.29, 0.717) is 0 Å². The zero-order valence-corrected chi connectivity index (χ0v) is 17.4. The second-order valence-corrected chi connectivity index (χ2v) is 10.2. The second kappa shape index (κ2) is 10.3. The standard InChI is InChI=1S/C23H42.2H2O/c1-16-5-7-20(8-6-16)15-21-9-11-22(12-10-21)23-13-17(2)19(4)18(3)14-23;;/h16-23H,5-15H2,1-4H3;2*1H2. The van der Waals surface area contributed by atoms with Crippen molar-refractivity contribution < 1.29 is 11.0 Å². The fourth-order valence-electron chi connectivity index (χ4n) is 6.36. The molecule has 25 heavy (non-hydrogen) atoms. The van der Waals surface area contributed by atoms with Gasteiger partial charge in [-0.3, -0.25) is 0 Å². The molecule has 150 valence electrons. The summed E-state index contributed by atoms with van der Waals surface area (Å²) in [4.78, 5) is 0. The molecule has 0 radical (unpaired) electrons. The Morgan fingerprint density at radius 1 is 0.560 bits per heavy atom. The second-order valence-electron chi connectivity index (χ2n) is 10.2. The summed E-state index contributed by atoms with van der Waals surface area (Å²) in [6.45, 7) is 9.98. The monoisotopic (exact) mass is 354 g/mol. The van der Waals surface area contributed by atoms with Gasteiger partial charge in [-0.2, -0.15) is 0 Å². The molecule has 0 spiro atoms. The first kappa shape index (κ1) is 23.0. The normalized spacial score (nSPS) is 45.1. The summed E-state index contributed by atoms with van der Waals surface area (Å²) in [7, 11) is 0. The Bertz CT molecular complexity index is 341. The molecule has 0 amide bonds. The highest BCUT2D eigenvalue weighted by Crippen LogP contribution is 2.46. The molecule has 3 aliphatic carbocycles. The van der Waals surface area contributed by atoms with Crippen LogP contribution in [0.25, 0.3) is 0 Å². The molecular formula is C23H46O2. The van der Waals surface area contributed by atoms with E-state index in [9.17, 15) is 0 Å². The van der Waals surface area contributed by atoms with Gasteiger partial charge in [-0.05, 0) is 79.4 Å². The Labute approximate surface area is 157 Å². The SMILES string of the molecule is CC1CCC(CC2CCC(C3CC(C)C(C)C(C)C3)CC2)CC1.O.O. The molecule has 2 nitrogen and oxygen atoms in total. The Morgan fingerprint density at radius 3 is 1.48 bits per heavy atom. The van der Waals surface area contributed by atoms with Crippen LogP contribution in [0.4, 0.5) is 0 Å². The Kier molecular flexibility index (Phi) is 9.46. The summed E-state index contributed by atoms with van der Waals surface area (Å²) >= 11 is 0. The highest BCUT2D eigenvalue weighted by Gasteiger charge is 2.36. The summed E-state index contributed by atoms with van der Waals surface area (Å²) in [6, 6.07) is 0. The van der Waals surface area contributed by atoms with Gasteiger partial charge in [-0.15, -0.1) is 0 Å². The molecule has 0 saturated heterocycles. The van der Waals surface area contributed by atoms with Gasteiger partial charge in [0, 0.05) is 0 Å². The highest BCUT2D eigenvalue weighted by molar-refractivity contribution is 4.86. The van der Waals surface area contributed by atoms with Crippen LogP contribution in [0.15, 0.2) is 0 Å². The van der Waals surface area contributed by atoms with Crippen molar-refractivity contribution in [1.82, 2.24) is 0 Å². The molecule has 2 heteroatoms. The average Bonchev–Trinajstić information content (AvgIpc) is 2.55. The van der Waals surface area contributed by atoms with Crippen molar-refractivity contribution in [3.8, 4) is 0 Å². The number of rotatable bonds is 3. The smallest absolute Gasteiger partial charge is 0.0381 e. The van der Waals surface area contributed by atoms with Crippen molar-refractivity contribution in [2.45, 2.75) is 98.3 Å². The molecule has 3 rings (SSSR count). The maximum Gasteiger partial charge on any atom is -0.0381 e. The molecule has 3 aliphatic rings. The molecule has 0 aromatic carbocycles. The first-order chi connectivity index (χ1) is 11.0. The predicted octanol–water partition coefficient (Wildman–Crippen LogP) is 5.68. The lowest BCUT2D eigenvalue weighted by Crippen LogP contribution is -2.33. The van der Waals surface area contributed by atoms with Gasteiger partial charge in [-0.1, -0.05) is 66.2 Å². The summed E-state index contributed by atoms with van der Waals surface area (Å²) in [5, 5.41) is 0. The van der Waals surface area contributed by atoms with Crippen molar-refractivity contribution in [1.29, 1.82) is 0 Å². The minimum Gasteiger partial charge on any atom is -0.412 e. The number of hydrogen-bond donors (Lipinski definition) is 0. The van der Waals surface area contributed by atoms with E-state index in [-0.39, 0.29) is 11.0 Å². The van der Waals surface area contributed by atoms with Crippen LogP contribution in [0.5, 0.6) is 0 Å². The van der Waals surface area contributed by atoms with Crippen molar-refractivity contribution in [2.75, 3.05) is 0 Å². The van der Waals surface area contributed by atoms with E-state index in [4.69, 9.17) is 0 Å². The van der Waals surface area contributed by atoms with Gasteiger partial charge in [0.05, 0.1) is 0 Å². The molecule has 0 bridgehead atoms. The minimum atomic E-state index is 0. The molecule has 3 saturated carbocycles. The van der Waals surface area contributed by atoms with E-state index >= 15 is 0 Å². The Hall–Kier alpha value is -0.0800.